The van der Waals surface area contributed by atoms with E-state index in [-0.39, 0.29) is 11.7 Å². The largest absolute Gasteiger partial charge is 0.673 e. The first-order chi connectivity index (χ1) is 12.4. The SMILES string of the molecule is CC(C)(C)OC(=O)N1CCC[CH]([K])C1.F[B-](F)(F)F.F[B-](F)(F)F.F[B-](F)(F)F. The molecule has 1 rings (SSSR count). The molecule has 0 N–H and O–H groups in total. The number of nitrogens with zero attached hydrogens (tertiary/aromatic N) is 1. The predicted molar refractivity (Wildman–Crippen MR) is 87.1 cm³/mol. The first-order valence-corrected chi connectivity index (χ1v) is 9.78. The van der Waals surface area contributed by atoms with Crippen molar-refractivity contribution in [3.8, 4) is 0 Å². The summed E-state index contributed by atoms with van der Waals surface area (Å²) in [6.07, 6.45) is 2.32. The minimum Gasteiger partial charge on any atom is -0.418 e. The smallest absolute Gasteiger partial charge is 0.418 e. The van der Waals surface area contributed by atoms with E-state index in [1.165, 1.54) is 6.42 Å². The number of carbonyl (C=O) groups is 1. The van der Waals surface area contributed by atoms with Crippen molar-refractivity contribution in [2.45, 2.75) is 39.2 Å². The standard InChI is InChI=1S/C10H18NO2.3BF4.K/c1-10(2,3)13-9(12)11-7-5-4-6-8-11;3*2-1(3,4)5;/h5H,4,6-8H2,1-3H3;;;;/q;3*-1;. The van der Waals surface area contributed by atoms with E-state index in [1.54, 1.807) is 0 Å². The molecule has 0 bridgehead atoms. The summed E-state index contributed by atoms with van der Waals surface area (Å²) in [7, 11) is -18.0. The maximum Gasteiger partial charge on any atom is 0.673 e. The molecule has 1 atom stereocenters. The second-order valence-electron chi connectivity index (χ2n) is 6.66. The van der Waals surface area contributed by atoms with E-state index < -0.39 is 21.8 Å². The molecule has 1 aliphatic rings. The summed E-state index contributed by atoms with van der Waals surface area (Å²) in [6, 6.07) is 0. The topological polar surface area (TPSA) is 29.5 Å². The molecule has 0 radical (unpaired) electrons. The summed E-state index contributed by atoms with van der Waals surface area (Å²) < 4.78 is 123. The molecule has 0 aromatic heterocycles. The zero-order chi connectivity index (χ0) is 24.3. The van der Waals surface area contributed by atoms with Gasteiger partial charge in [0.05, 0.1) is 0 Å². The number of rotatable bonds is 0. The minimum absolute atomic E-state index is 0.133. The van der Waals surface area contributed by atoms with Crippen LogP contribution in [-0.2, 0) is 4.74 Å². The van der Waals surface area contributed by atoms with Crippen LogP contribution >= 0.6 is 0 Å². The molecule has 19 heteroatoms. The Hall–Kier alpha value is 0.261. The van der Waals surface area contributed by atoms with E-state index in [0.717, 1.165) is 68.5 Å². The van der Waals surface area contributed by atoms with Gasteiger partial charge in [0.25, 0.3) is 0 Å². The summed E-state index contributed by atoms with van der Waals surface area (Å²) in [5, 5.41) is 0. The second kappa shape index (κ2) is 14.3. The molecular weight excluding hydrogens is 466 g/mol. The van der Waals surface area contributed by atoms with Crippen molar-refractivity contribution in [2.75, 3.05) is 13.1 Å². The summed E-state index contributed by atoms with van der Waals surface area (Å²) in [4.78, 5) is 13.5. The van der Waals surface area contributed by atoms with Crippen LogP contribution in [0.3, 0.4) is 0 Å². The van der Waals surface area contributed by atoms with Gasteiger partial charge in [0.2, 0.25) is 0 Å². The summed E-state index contributed by atoms with van der Waals surface area (Å²) >= 11 is 0.827. The average molecular weight is 484 g/mol. The van der Waals surface area contributed by atoms with Gasteiger partial charge < -0.3 is 51.8 Å². The summed E-state index contributed by atoms with van der Waals surface area (Å²) in [5.74, 6) is 0. The summed E-state index contributed by atoms with van der Waals surface area (Å²) in [5.41, 5.74) is -0.362. The van der Waals surface area contributed by atoms with Gasteiger partial charge in [0.1, 0.15) is 0 Å². The van der Waals surface area contributed by atoms with Crippen LogP contribution in [0.25, 0.3) is 0 Å². The fourth-order valence-corrected chi connectivity index (χ4v) is 3.01. The van der Waals surface area contributed by atoms with Gasteiger partial charge in [-0.2, -0.15) is 0 Å². The number of likely N-dealkylation sites (tertiary alicyclic amines) is 1. The first kappa shape index (κ1) is 33.9. The molecule has 29 heavy (non-hydrogen) atoms. The van der Waals surface area contributed by atoms with Crippen molar-refractivity contribution in [3.05, 3.63) is 0 Å². The van der Waals surface area contributed by atoms with Gasteiger partial charge in [-0.05, 0) is 0 Å². The molecular formula is C10H18B3F12KNO2-3. The Balaban J connectivity index is -0.000000373. The molecule has 1 saturated heterocycles. The molecule has 1 aliphatic heterocycles. The van der Waals surface area contributed by atoms with E-state index in [9.17, 15) is 56.6 Å². The van der Waals surface area contributed by atoms with Crippen LogP contribution in [0.4, 0.5) is 56.6 Å². The molecule has 0 aliphatic carbocycles. The molecule has 1 fully saturated rings. The normalized spacial score (nSPS) is 17.6. The van der Waals surface area contributed by atoms with Crippen LogP contribution in [0, 0.1) is 0 Å². The second-order valence-corrected chi connectivity index (χ2v) is 9.21. The maximum atomic E-state index is 11.7. The molecule has 0 saturated carbocycles. The third-order valence-corrected chi connectivity index (χ3v) is 3.78. The average Bonchev–Trinajstić information content (AvgIpc) is 2.30. The van der Waals surface area contributed by atoms with Gasteiger partial charge in [0, 0.05) is 0 Å². The number of halogens is 12. The van der Waals surface area contributed by atoms with Gasteiger partial charge in [-0.3, -0.25) is 0 Å². The zero-order valence-electron chi connectivity index (χ0n) is 15.9. The fraction of sp³-hybridized carbons (Fsp3) is 0.900. The van der Waals surface area contributed by atoms with Gasteiger partial charge in [0.15, 0.2) is 0 Å². The van der Waals surface area contributed by atoms with Crippen LogP contribution < -0.4 is 0 Å². The monoisotopic (exact) mass is 484 g/mol. The number of amides is 1. The molecule has 0 aromatic rings. The fourth-order valence-electron chi connectivity index (χ4n) is 1.68. The van der Waals surface area contributed by atoms with Crippen LogP contribution in [0.1, 0.15) is 33.6 Å². The van der Waals surface area contributed by atoms with E-state index in [4.69, 9.17) is 4.74 Å². The zero-order valence-corrected chi connectivity index (χ0v) is 19.1. The van der Waals surface area contributed by atoms with Crippen molar-refractivity contribution in [3.63, 3.8) is 0 Å². The number of carbonyl (C=O) groups excluding carboxylic acids is 1. The molecule has 0 aromatic carbocycles. The number of hydrogen-bond donors (Lipinski definition) is 0. The van der Waals surface area contributed by atoms with Crippen LogP contribution in [-0.4, -0.2) is 100 Å². The minimum atomic E-state index is -6.00. The van der Waals surface area contributed by atoms with Crippen LogP contribution in [0.5, 0.6) is 0 Å². The van der Waals surface area contributed by atoms with Crippen molar-refractivity contribution in [1.29, 1.82) is 0 Å². The Kier molecular flexibility index (Phi) is 16.8. The molecule has 0 spiro atoms. The predicted octanol–water partition coefficient (Wildman–Crippen LogP) is 5.87. The van der Waals surface area contributed by atoms with E-state index in [1.807, 2.05) is 25.7 Å². The summed E-state index contributed by atoms with van der Waals surface area (Å²) in [6.45, 7) is 7.54. The van der Waals surface area contributed by atoms with E-state index in [0.29, 0.717) is 0 Å². The van der Waals surface area contributed by atoms with Crippen molar-refractivity contribution in [1.82, 2.24) is 4.90 Å². The molecule has 1 amide bonds. The Morgan fingerprint density at radius 2 is 1.17 bits per heavy atom. The Labute approximate surface area is 194 Å². The van der Waals surface area contributed by atoms with Gasteiger partial charge in [-0.1, -0.05) is 0 Å². The molecule has 3 nitrogen and oxygen atoms in total. The molecule has 1 heterocycles. The first-order valence-electron chi connectivity index (χ1n) is 7.98. The Bertz CT molecular complexity index is 409. The van der Waals surface area contributed by atoms with Crippen molar-refractivity contribution >= 4 is 76.8 Å². The van der Waals surface area contributed by atoms with Crippen LogP contribution in [0.2, 0.25) is 0.0125 Å². The van der Waals surface area contributed by atoms with Crippen molar-refractivity contribution in [2.24, 2.45) is 0 Å². The third-order valence-electron chi connectivity index (χ3n) is 2.31. The van der Waals surface area contributed by atoms with Gasteiger partial charge in [-0.25, -0.2) is 0 Å². The van der Waals surface area contributed by atoms with Gasteiger partial charge in [-0.15, -0.1) is 0 Å². The third kappa shape index (κ3) is 52.5. The number of ether oxygens (including phenoxy) is 1. The number of hydrogen-bond acceptors (Lipinski definition) is 2. The molecule has 1 unspecified atom stereocenters. The van der Waals surface area contributed by atoms with Crippen molar-refractivity contribution < 1.29 is 61.3 Å². The van der Waals surface area contributed by atoms with E-state index in [2.05, 4.69) is 0 Å². The quantitative estimate of drug-likeness (QED) is 0.318. The maximum absolute atomic E-state index is 11.7. The van der Waals surface area contributed by atoms with E-state index >= 15 is 0 Å². The van der Waals surface area contributed by atoms with Crippen LogP contribution in [0.15, 0.2) is 0 Å². The molecule has 172 valence electrons. The number of piperidine rings is 1. The Morgan fingerprint density at radius 1 is 0.862 bits per heavy atom. The Morgan fingerprint density at radius 3 is 1.41 bits per heavy atom. The van der Waals surface area contributed by atoms with Gasteiger partial charge >= 0.3 is 144 Å².